The average Bonchev–Trinajstić information content (AvgIpc) is 3.10. The van der Waals surface area contributed by atoms with Gasteiger partial charge in [0.1, 0.15) is 17.2 Å². The van der Waals surface area contributed by atoms with Crippen molar-refractivity contribution < 1.29 is 24.2 Å². The average molecular weight is 367 g/mol. The van der Waals surface area contributed by atoms with Gasteiger partial charge in [0.15, 0.2) is 0 Å². The van der Waals surface area contributed by atoms with E-state index in [1.54, 1.807) is 38.4 Å². The Hall–Kier alpha value is -2.26. The van der Waals surface area contributed by atoms with Crippen molar-refractivity contribution in [1.82, 2.24) is 15.5 Å². The summed E-state index contributed by atoms with van der Waals surface area (Å²) < 4.78 is 5.11. The van der Waals surface area contributed by atoms with E-state index < -0.39 is 23.5 Å². The van der Waals surface area contributed by atoms with Gasteiger partial charge in [0.25, 0.3) is 0 Å². The van der Waals surface area contributed by atoms with Crippen LogP contribution in [0.3, 0.4) is 0 Å². The lowest BCUT2D eigenvalue weighted by atomic mass is 10.1. The number of hydrogen-bond donors (Lipinski definition) is 3. The third kappa shape index (κ3) is 5.64. The molecule has 0 saturated carbocycles. The Bertz CT molecular complexity index is 629. The lowest BCUT2D eigenvalue weighted by Gasteiger charge is -2.17. The van der Waals surface area contributed by atoms with Crippen molar-refractivity contribution in [3.05, 3.63) is 29.8 Å². The number of carboxylic acid groups (broad SMARTS) is 1. The first-order chi connectivity index (χ1) is 11.9. The van der Waals surface area contributed by atoms with Gasteiger partial charge < -0.3 is 20.1 Å². The van der Waals surface area contributed by atoms with Gasteiger partial charge in [0.05, 0.1) is 0 Å². The topological polar surface area (TPSA) is 108 Å². The molecule has 2 rings (SSSR count). The smallest absolute Gasteiger partial charge is 0.414 e. The van der Waals surface area contributed by atoms with Crippen LogP contribution in [0.15, 0.2) is 24.3 Å². The summed E-state index contributed by atoms with van der Waals surface area (Å²) in [5.41, 5.74) is 0.712. The molecule has 8 nitrogen and oxygen atoms in total. The summed E-state index contributed by atoms with van der Waals surface area (Å²) in [5, 5.41) is 14.5. The number of carbonyl (C=O) groups is 3. The molecule has 1 aliphatic rings. The van der Waals surface area contributed by atoms with Crippen LogP contribution in [0, 0.1) is 0 Å². The molecular weight excluding hydrogens is 346 g/mol. The van der Waals surface area contributed by atoms with Crippen molar-refractivity contribution in [1.29, 1.82) is 0 Å². The summed E-state index contributed by atoms with van der Waals surface area (Å²) in [7, 11) is 3.16. The standard InChI is InChI=1S/C16H21N3O5S/c1-19(2)16(23)24-11-5-3-10(4-6-11)9-12(15(21)22)18-13(20)14-17-7-8-25-14/h3-6,12,14,17H,7-9H2,1-2H3,(H,18,20)(H,21,22)/t12-,14-/m0/s1. The largest absolute Gasteiger partial charge is 0.480 e. The highest BCUT2D eigenvalue weighted by atomic mass is 32.2. The van der Waals surface area contributed by atoms with E-state index in [2.05, 4.69) is 10.6 Å². The van der Waals surface area contributed by atoms with Crippen LogP contribution >= 0.6 is 11.8 Å². The summed E-state index contributed by atoms with van der Waals surface area (Å²) >= 11 is 1.45. The minimum Gasteiger partial charge on any atom is -0.480 e. The molecule has 3 N–H and O–H groups in total. The summed E-state index contributed by atoms with van der Waals surface area (Å²) in [6.07, 6.45) is -0.356. The number of hydrogen-bond acceptors (Lipinski definition) is 6. The zero-order valence-electron chi connectivity index (χ0n) is 14.0. The van der Waals surface area contributed by atoms with E-state index in [0.717, 1.165) is 12.3 Å². The predicted molar refractivity (Wildman–Crippen MR) is 93.7 cm³/mol. The summed E-state index contributed by atoms with van der Waals surface area (Å²) in [6.45, 7) is 0.730. The highest BCUT2D eigenvalue weighted by Crippen LogP contribution is 2.16. The molecule has 0 unspecified atom stereocenters. The molecule has 25 heavy (non-hydrogen) atoms. The van der Waals surface area contributed by atoms with Crippen molar-refractivity contribution in [3.63, 3.8) is 0 Å². The molecule has 1 saturated heterocycles. The predicted octanol–water partition coefficient (Wildman–Crippen LogP) is 0.521. The molecule has 0 aromatic heterocycles. The molecule has 0 radical (unpaired) electrons. The van der Waals surface area contributed by atoms with E-state index in [9.17, 15) is 19.5 Å². The van der Waals surface area contributed by atoms with Crippen LogP contribution in [0.1, 0.15) is 5.56 Å². The molecule has 9 heteroatoms. The lowest BCUT2D eigenvalue weighted by Crippen LogP contribution is -2.48. The number of benzene rings is 1. The molecule has 2 amide bonds. The number of nitrogens with one attached hydrogen (secondary N) is 2. The maximum atomic E-state index is 12.1. The van der Waals surface area contributed by atoms with Crippen LogP contribution in [0.5, 0.6) is 5.75 Å². The minimum atomic E-state index is -1.10. The Kier molecular flexibility index (Phi) is 6.65. The Labute approximate surface area is 149 Å². The number of ether oxygens (including phenoxy) is 1. The van der Waals surface area contributed by atoms with Crippen molar-refractivity contribution >= 4 is 29.7 Å². The maximum Gasteiger partial charge on any atom is 0.414 e. The van der Waals surface area contributed by atoms with Crippen LogP contribution < -0.4 is 15.4 Å². The molecule has 1 aromatic carbocycles. The molecule has 1 aromatic rings. The van der Waals surface area contributed by atoms with Gasteiger partial charge in [0.2, 0.25) is 5.91 Å². The Morgan fingerprint density at radius 1 is 1.36 bits per heavy atom. The number of nitrogens with zero attached hydrogens (tertiary/aromatic N) is 1. The van der Waals surface area contributed by atoms with E-state index in [4.69, 9.17) is 4.74 Å². The number of carbonyl (C=O) groups excluding carboxylic acids is 2. The first-order valence-corrected chi connectivity index (χ1v) is 8.78. The van der Waals surface area contributed by atoms with Gasteiger partial charge >= 0.3 is 12.1 Å². The van der Waals surface area contributed by atoms with E-state index in [1.807, 2.05) is 0 Å². The zero-order valence-corrected chi connectivity index (χ0v) is 14.8. The fraction of sp³-hybridized carbons (Fsp3) is 0.438. The fourth-order valence-electron chi connectivity index (χ4n) is 2.16. The van der Waals surface area contributed by atoms with Gasteiger partial charge in [-0.3, -0.25) is 10.1 Å². The SMILES string of the molecule is CN(C)C(=O)Oc1ccc(C[C@H](NC(=O)[C@H]2NCCS2)C(=O)O)cc1. The number of aliphatic carboxylic acids is 1. The Balaban J connectivity index is 1.95. The van der Waals surface area contributed by atoms with Gasteiger partial charge in [-0.15, -0.1) is 11.8 Å². The van der Waals surface area contributed by atoms with Gasteiger partial charge in [0, 0.05) is 32.8 Å². The number of rotatable bonds is 6. The van der Waals surface area contributed by atoms with Gasteiger partial charge in [-0.1, -0.05) is 12.1 Å². The zero-order chi connectivity index (χ0) is 18.4. The molecule has 0 aliphatic carbocycles. The Morgan fingerprint density at radius 3 is 2.56 bits per heavy atom. The van der Waals surface area contributed by atoms with Crippen molar-refractivity contribution in [2.75, 3.05) is 26.4 Å². The van der Waals surface area contributed by atoms with Crippen molar-refractivity contribution in [2.24, 2.45) is 0 Å². The highest BCUT2D eigenvalue weighted by molar-refractivity contribution is 8.00. The quantitative estimate of drug-likeness (QED) is 0.673. The molecule has 1 aliphatic heterocycles. The molecule has 0 bridgehead atoms. The number of thioether (sulfide) groups is 1. The van der Waals surface area contributed by atoms with E-state index >= 15 is 0 Å². The Morgan fingerprint density at radius 2 is 2.04 bits per heavy atom. The van der Waals surface area contributed by atoms with E-state index in [-0.39, 0.29) is 12.3 Å². The summed E-state index contributed by atoms with van der Waals surface area (Å²) in [4.78, 5) is 36.3. The number of carboxylic acids is 1. The van der Waals surface area contributed by atoms with Crippen LogP contribution in [-0.2, 0) is 16.0 Å². The molecule has 1 heterocycles. The summed E-state index contributed by atoms with van der Waals surface area (Å²) in [6, 6.07) is 5.49. The number of amides is 2. The second-order valence-electron chi connectivity index (χ2n) is 5.71. The second kappa shape index (κ2) is 8.72. The van der Waals surface area contributed by atoms with E-state index in [0.29, 0.717) is 11.3 Å². The van der Waals surface area contributed by atoms with Crippen molar-refractivity contribution in [3.8, 4) is 5.75 Å². The normalized spacial score (nSPS) is 17.6. The highest BCUT2D eigenvalue weighted by Gasteiger charge is 2.27. The van der Waals surface area contributed by atoms with Gasteiger partial charge in [-0.05, 0) is 17.7 Å². The molecule has 1 fully saturated rings. The van der Waals surface area contributed by atoms with Crippen LogP contribution in [0.2, 0.25) is 0 Å². The summed E-state index contributed by atoms with van der Waals surface area (Å²) in [5.74, 6) is -0.237. The molecule has 136 valence electrons. The third-order valence-corrected chi connectivity index (χ3v) is 4.66. The fourth-order valence-corrected chi connectivity index (χ4v) is 3.09. The van der Waals surface area contributed by atoms with Crippen LogP contribution in [0.25, 0.3) is 0 Å². The minimum absolute atomic E-state index is 0.139. The third-order valence-electron chi connectivity index (χ3n) is 3.50. The van der Waals surface area contributed by atoms with Crippen LogP contribution in [0.4, 0.5) is 4.79 Å². The molecule has 0 spiro atoms. The monoisotopic (exact) mass is 367 g/mol. The van der Waals surface area contributed by atoms with Crippen LogP contribution in [-0.4, -0.2) is 65.8 Å². The van der Waals surface area contributed by atoms with Gasteiger partial charge in [-0.2, -0.15) is 0 Å². The second-order valence-corrected chi connectivity index (χ2v) is 6.93. The van der Waals surface area contributed by atoms with Crippen molar-refractivity contribution in [2.45, 2.75) is 17.8 Å². The maximum absolute atomic E-state index is 12.1. The van der Waals surface area contributed by atoms with E-state index in [1.165, 1.54) is 16.7 Å². The van der Waals surface area contributed by atoms with Gasteiger partial charge in [-0.25, -0.2) is 9.59 Å². The molecular formula is C16H21N3O5S. The first-order valence-electron chi connectivity index (χ1n) is 7.73. The first kappa shape index (κ1) is 19.1. The lowest BCUT2D eigenvalue weighted by molar-refractivity contribution is -0.141. The molecule has 2 atom stereocenters.